The minimum Gasteiger partial charge on any atom is -0.493 e. The van der Waals surface area contributed by atoms with Crippen LogP contribution in [0.3, 0.4) is 0 Å². The summed E-state index contributed by atoms with van der Waals surface area (Å²) in [5.41, 5.74) is 11.9. The molecule has 4 N–H and O–H groups in total. The van der Waals surface area contributed by atoms with Crippen LogP contribution in [0.4, 0.5) is 10.1 Å². The molecule has 0 unspecified atom stereocenters. The molecule has 1 aromatic rings. The van der Waals surface area contributed by atoms with Crippen LogP contribution in [0.2, 0.25) is 0 Å². The van der Waals surface area contributed by atoms with E-state index in [9.17, 15) is 4.39 Å². The normalized spacial score (nSPS) is 20.2. The summed E-state index contributed by atoms with van der Waals surface area (Å²) >= 11 is 3.34. The molecule has 23 heavy (non-hydrogen) atoms. The Labute approximate surface area is 142 Å². The number of nitrogens with zero attached hydrogens (tertiary/aromatic N) is 3. The Kier molecular flexibility index (Phi) is 4.18. The molecular formula is C15H19BrFN5O. The first-order chi connectivity index (χ1) is 11.0. The van der Waals surface area contributed by atoms with Crippen LogP contribution in [0.5, 0.6) is 5.75 Å². The Bertz CT molecular complexity index is 685. The second kappa shape index (κ2) is 5.99. The van der Waals surface area contributed by atoms with Crippen LogP contribution in [0, 0.1) is 5.82 Å². The van der Waals surface area contributed by atoms with Crippen LogP contribution in [0.1, 0.15) is 32.1 Å². The molecule has 1 aliphatic heterocycles. The Morgan fingerprint density at radius 2 is 1.96 bits per heavy atom. The third-order valence-corrected chi connectivity index (χ3v) is 4.87. The fraction of sp³-hybridized carbons (Fsp3) is 0.467. The molecule has 0 bridgehead atoms. The van der Waals surface area contributed by atoms with Gasteiger partial charge in [0.25, 0.3) is 0 Å². The lowest BCUT2D eigenvalue weighted by molar-refractivity contribution is 0.302. The van der Waals surface area contributed by atoms with E-state index < -0.39 is 11.5 Å². The van der Waals surface area contributed by atoms with Crippen molar-refractivity contribution in [2.75, 3.05) is 12.0 Å². The second-order valence-electron chi connectivity index (χ2n) is 5.76. The van der Waals surface area contributed by atoms with Crippen molar-refractivity contribution in [3.8, 4) is 5.75 Å². The summed E-state index contributed by atoms with van der Waals surface area (Å²) < 4.78 is 20.0. The lowest BCUT2D eigenvalue weighted by Gasteiger charge is -2.45. The number of ether oxygens (including phenoxy) is 1. The van der Waals surface area contributed by atoms with Crippen molar-refractivity contribution in [2.24, 2.45) is 21.5 Å². The number of guanidine groups is 2. The number of hydrogen-bond donors (Lipinski definition) is 2. The molecule has 1 aliphatic carbocycles. The molecule has 124 valence electrons. The highest BCUT2D eigenvalue weighted by atomic mass is 79.9. The van der Waals surface area contributed by atoms with E-state index in [1.807, 2.05) is 0 Å². The monoisotopic (exact) mass is 383 g/mol. The molecule has 1 spiro atoms. The van der Waals surface area contributed by atoms with Crippen molar-refractivity contribution in [3.63, 3.8) is 0 Å². The smallest absolute Gasteiger partial charge is 0.220 e. The number of nitrogens with two attached hydrogens (primary N) is 2. The molecule has 3 rings (SSSR count). The van der Waals surface area contributed by atoms with Crippen molar-refractivity contribution in [1.29, 1.82) is 0 Å². The summed E-state index contributed by atoms with van der Waals surface area (Å²) in [6.07, 6.45) is 4.69. The Morgan fingerprint density at radius 3 is 2.61 bits per heavy atom. The molecule has 1 saturated carbocycles. The summed E-state index contributed by atoms with van der Waals surface area (Å²) in [4.78, 5) is 10.4. The Hall–Kier alpha value is -1.83. The van der Waals surface area contributed by atoms with Gasteiger partial charge >= 0.3 is 0 Å². The molecule has 1 fully saturated rings. The fourth-order valence-electron chi connectivity index (χ4n) is 3.38. The number of methoxy groups -OCH3 is 1. The van der Waals surface area contributed by atoms with Crippen LogP contribution >= 0.6 is 15.9 Å². The quantitative estimate of drug-likeness (QED) is 0.821. The largest absolute Gasteiger partial charge is 0.493 e. The summed E-state index contributed by atoms with van der Waals surface area (Å²) in [6.45, 7) is 0. The molecule has 0 amide bonds. The van der Waals surface area contributed by atoms with E-state index in [0.717, 1.165) is 32.1 Å². The number of benzene rings is 1. The van der Waals surface area contributed by atoms with E-state index in [1.165, 1.54) is 19.2 Å². The van der Waals surface area contributed by atoms with Gasteiger partial charge in [0.2, 0.25) is 11.9 Å². The Morgan fingerprint density at radius 1 is 1.26 bits per heavy atom. The van der Waals surface area contributed by atoms with Gasteiger partial charge in [0.05, 0.1) is 17.3 Å². The molecule has 0 radical (unpaired) electrons. The second-order valence-corrected chi connectivity index (χ2v) is 6.61. The van der Waals surface area contributed by atoms with Crippen LogP contribution < -0.4 is 21.1 Å². The third-order valence-electron chi connectivity index (χ3n) is 4.29. The zero-order chi connectivity index (χ0) is 16.6. The van der Waals surface area contributed by atoms with Gasteiger partial charge in [-0.2, -0.15) is 4.99 Å². The van der Waals surface area contributed by atoms with Gasteiger partial charge < -0.3 is 16.2 Å². The minimum atomic E-state index is -0.630. The first kappa shape index (κ1) is 16.0. The molecule has 0 aromatic heterocycles. The molecule has 8 heteroatoms. The average molecular weight is 384 g/mol. The lowest BCUT2D eigenvalue weighted by Crippen LogP contribution is -2.58. The first-order valence-corrected chi connectivity index (χ1v) is 8.29. The minimum absolute atomic E-state index is 0.162. The number of rotatable bonds is 2. The highest BCUT2D eigenvalue weighted by Crippen LogP contribution is 2.45. The zero-order valence-corrected chi connectivity index (χ0v) is 14.4. The molecule has 1 aromatic carbocycles. The van der Waals surface area contributed by atoms with Crippen molar-refractivity contribution in [1.82, 2.24) is 0 Å². The first-order valence-electron chi connectivity index (χ1n) is 7.49. The fourth-order valence-corrected chi connectivity index (χ4v) is 3.97. The van der Waals surface area contributed by atoms with Gasteiger partial charge in [-0.1, -0.05) is 6.42 Å². The van der Waals surface area contributed by atoms with E-state index >= 15 is 0 Å². The van der Waals surface area contributed by atoms with E-state index in [2.05, 4.69) is 25.9 Å². The summed E-state index contributed by atoms with van der Waals surface area (Å²) in [7, 11) is 1.53. The number of halogens is 2. The highest BCUT2D eigenvalue weighted by Gasteiger charge is 2.44. The molecule has 6 nitrogen and oxygen atoms in total. The predicted octanol–water partition coefficient (Wildman–Crippen LogP) is 2.71. The van der Waals surface area contributed by atoms with Crippen molar-refractivity contribution < 1.29 is 9.13 Å². The molecular weight excluding hydrogens is 365 g/mol. The van der Waals surface area contributed by atoms with E-state index in [0.29, 0.717) is 15.9 Å². The maximum Gasteiger partial charge on any atom is 0.220 e. The van der Waals surface area contributed by atoms with Crippen molar-refractivity contribution >= 4 is 33.5 Å². The molecule has 2 aliphatic rings. The van der Waals surface area contributed by atoms with Gasteiger partial charge in [-0.05, 0) is 47.7 Å². The molecule has 0 atom stereocenters. The topological polar surface area (TPSA) is 89.2 Å². The van der Waals surface area contributed by atoms with Gasteiger partial charge in [-0.15, -0.1) is 0 Å². The molecule has 1 heterocycles. The van der Waals surface area contributed by atoms with Crippen molar-refractivity contribution in [2.45, 2.75) is 37.8 Å². The van der Waals surface area contributed by atoms with E-state index in [1.54, 1.807) is 4.90 Å². The van der Waals surface area contributed by atoms with Crippen molar-refractivity contribution in [3.05, 3.63) is 22.4 Å². The SMILES string of the molecule is COc1c(Br)cc(F)cc1N1C(N)=NC(N)=NC12CCCCC2. The average Bonchev–Trinajstić information content (AvgIpc) is 2.46. The van der Waals surface area contributed by atoms with Gasteiger partial charge in [0, 0.05) is 6.07 Å². The summed E-state index contributed by atoms with van der Waals surface area (Å²) in [6, 6.07) is 2.74. The number of anilines is 1. The highest BCUT2D eigenvalue weighted by molar-refractivity contribution is 9.10. The van der Waals surface area contributed by atoms with Crippen LogP contribution in [0.25, 0.3) is 0 Å². The predicted molar refractivity (Wildman–Crippen MR) is 92.2 cm³/mol. The van der Waals surface area contributed by atoms with Crippen LogP contribution in [-0.4, -0.2) is 24.7 Å². The zero-order valence-electron chi connectivity index (χ0n) is 12.9. The number of aliphatic imine (C=N–C) groups is 2. The standard InChI is InChI=1S/C15H19BrFN5O/c1-23-12-10(16)7-9(17)8-11(12)22-14(19)20-13(18)21-15(22)5-3-2-4-6-15/h7-8H,2-6H2,1H3,(H4,18,19,20,21). The van der Waals surface area contributed by atoms with Gasteiger partial charge in [-0.3, -0.25) is 4.90 Å². The van der Waals surface area contributed by atoms with Crippen LogP contribution in [-0.2, 0) is 0 Å². The Balaban J connectivity index is 2.18. The van der Waals surface area contributed by atoms with Gasteiger partial charge in [-0.25, -0.2) is 9.38 Å². The van der Waals surface area contributed by atoms with E-state index in [-0.39, 0.29) is 11.9 Å². The maximum atomic E-state index is 14.0. The maximum absolute atomic E-state index is 14.0. The third kappa shape index (κ3) is 2.75. The van der Waals surface area contributed by atoms with Gasteiger partial charge in [0.1, 0.15) is 11.5 Å². The van der Waals surface area contributed by atoms with Gasteiger partial charge in [0.15, 0.2) is 5.75 Å². The molecule has 0 saturated heterocycles. The summed E-state index contributed by atoms with van der Waals surface area (Å²) in [5.74, 6) is 0.462. The summed E-state index contributed by atoms with van der Waals surface area (Å²) in [5, 5.41) is 0. The lowest BCUT2D eigenvalue weighted by atomic mass is 9.87. The van der Waals surface area contributed by atoms with E-state index in [4.69, 9.17) is 16.2 Å². The van der Waals surface area contributed by atoms with Crippen LogP contribution in [0.15, 0.2) is 26.6 Å². The number of hydrogen-bond acceptors (Lipinski definition) is 6.